The van der Waals surface area contributed by atoms with Crippen molar-refractivity contribution in [2.75, 3.05) is 19.6 Å². The molecule has 1 heterocycles. The maximum Gasteiger partial charge on any atom is 0.224 e. The minimum absolute atomic E-state index is 0.192. The summed E-state index contributed by atoms with van der Waals surface area (Å²) in [6, 6.07) is 0. The SMILES string of the molecule is CCC1CCC(CNC(=O)C2CNCC2C)CC1. The molecule has 2 rings (SSSR count). The second-order valence-corrected chi connectivity index (χ2v) is 6.28. The number of carbonyl (C=O) groups excluding carboxylic acids is 1. The normalized spacial score (nSPS) is 36.6. The molecule has 0 bridgehead atoms. The van der Waals surface area contributed by atoms with Crippen LogP contribution in [0.15, 0.2) is 0 Å². The maximum atomic E-state index is 12.1. The van der Waals surface area contributed by atoms with Crippen LogP contribution in [0.5, 0.6) is 0 Å². The first-order valence-electron chi connectivity index (χ1n) is 7.69. The van der Waals surface area contributed by atoms with Gasteiger partial charge >= 0.3 is 0 Å². The fraction of sp³-hybridized carbons (Fsp3) is 0.933. The standard InChI is InChI=1S/C15H28N2O/c1-3-12-4-6-13(7-5-12)9-17-15(18)14-10-16-8-11(14)2/h11-14,16H,3-10H2,1-2H3,(H,17,18). The van der Waals surface area contributed by atoms with Gasteiger partial charge in [-0.1, -0.05) is 33.1 Å². The van der Waals surface area contributed by atoms with Gasteiger partial charge in [0.15, 0.2) is 0 Å². The summed E-state index contributed by atoms with van der Waals surface area (Å²) in [5, 5.41) is 6.47. The number of carbonyl (C=O) groups is 1. The molecule has 1 amide bonds. The van der Waals surface area contributed by atoms with E-state index in [4.69, 9.17) is 0 Å². The van der Waals surface area contributed by atoms with Gasteiger partial charge in [0, 0.05) is 13.1 Å². The van der Waals surface area contributed by atoms with E-state index in [1.165, 1.54) is 32.1 Å². The van der Waals surface area contributed by atoms with Crippen LogP contribution in [0.1, 0.15) is 46.0 Å². The molecule has 104 valence electrons. The Morgan fingerprint density at radius 3 is 2.39 bits per heavy atom. The number of amides is 1. The summed E-state index contributed by atoms with van der Waals surface area (Å²) in [7, 11) is 0. The third-order valence-electron chi connectivity index (χ3n) is 4.96. The smallest absolute Gasteiger partial charge is 0.224 e. The second kappa shape index (κ2) is 6.55. The van der Waals surface area contributed by atoms with Gasteiger partial charge in [-0.15, -0.1) is 0 Å². The fourth-order valence-corrected chi connectivity index (χ4v) is 3.38. The minimum Gasteiger partial charge on any atom is -0.356 e. The van der Waals surface area contributed by atoms with E-state index in [1.807, 2.05) is 0 Å². The van der Waals surface area contributed by atoms with Crippen LogP contribution in [0.4, 0.5) is 0 Å². The van der Waals surface area contributed by atoms with E-state index in [-0.39, 0.29) is 11.8 Å². The molecule has 2 aliphatic rings. The van der Waals surface area contributed by atoms with Gasteiger partial charge in [0.2, 0.25) is 5.91 Å². The predicted octanol–water partition coefficient (Wildman–Crippen LogP) is 2.17. The van der Waals surface area contributed by atoms with Crippen LogP contribution in [0, 0.1) is 23.7 Å². The van der Waals surface area contributed by atoms with Crippen LogP contribution < -0.4 is 10.6 Å². The third kappa shape index (κ3) is 3.47. The molecule has 2 atom stereocenters. The van der Waals surface area contributed by atoms with E-state index in [0.29, 0.717) is 5.92 Å². The summed E-state index contributed by atoms with van der Waals surface area (Å²) in [6.07, 6.45) is 6.65. The van der Waals surface area contributed by atoms with E-state index in [2.05, 4.69) is 24.5 Å². The van der Waals surface area contributed by atoms with Crippen LogP contribution in [0.25, 0.3) is 0 Å². The summed E-state index contributed by atoms with van der Waals surface area (Å²) < 4.78 is 0. The Bertz CT molecular complexity index is 272. The van der Waals surface area contributed by atoms with Crippen molar-refractivity contribution >= 4 is 5.91 Å². The molecule has 0 aromatic carbocycles. The lowest BCUT2D eigenvalue weighted by atomic mass is 9.81. The van der Waals surface area contributed by atoms with Crippen molar-refractivity contribution in [3.63, 3.8) is 0 Å². The second-order valence-electron chi connectivity index (χ2n) is 6.28. The monoisotopic (exact) mass is 252 g/mol. The average molecular weight is 252 g/mol. The number of hydrogen-bond donors (Lipinski definition) is 2. The molecule has 1 aliphatic heterocycles. The molecule has 2 unspecified atom stereocenters. The van der Waals surface area contributed by atoms with Crippen molar-refractivity contribution < 1.29 is 4.79 Å². The zero-order valence-electron chi connectivity index (χ0n) is 11.9. The molecule has 1 saturated carbocycles. The Hall–Kier alpha value is -0.570. The molecule has 18 heavy (non-hydrogen) atoms. The first-order valence-corrected chi connectivity index (χ1v) is 7.69. The summed E-state index contributed by atoms with van der Waals surface area (Å²) >= 11 is 0. The van der Waals surface area contributed by atoms with Crippen LogP contribution >= 0.6 is 0 Å². The predicted molar refractivity (Wildman–Crippen MR) is 74.3 cm³/mol. The molecule has 0 radical (unpaired) electrons. The molecule has 0 aromatic heterocycles. The molecule has 3 heteroatoms. The lowest BCUT2D eigenvalue weighted by molar-refractivity contribution is -0.125. The molecule has 0 aromatic rings. The Labute approximate surface area is 111 Å². The molecule has 3 nitrogen and oxygen atoms in total. The average Bonchev–Trinajstić information content (AvgIpc) is 2.83. The molecule has 1 aliphatic carbocycles. The van der Waals surface area contributed by atoms with Crippen molar-refractivity contribution in [2.24, 2.45) is 23.7 Å². The van der Waals surface area contributed by atoms with Gasteiger partial charge in [-0.25, -0.2) is 0 Å². The van der Waals surface area contributed by atoms with E-state index in [0.717, 1.165) is 31.5 Å². The van der Waals surface area contributed by atoms with Gasteiger partial charge in [0.1, 0.15) is 0 Å². The van der Waals surface area contributed by atoms with Crippen molar-refractivity contribution in [3.05, 3.63) is 0 Å². The lowest BCUT2D eigenvalue weighted by Crippen LogP contribution is -2.38. The summed E-state index contributed by atoms with van der Waals surface area (Å²) in [5.74, 6) is 2.61. The van der Waals surface area contributed by atoms with Gasteiger partial charge in [-0.3, -0.25) is 4.79 Å². The summed E-state index contributed by atoms with van der Waals surface area (Å²) in [5.41, 5.74) is 0. The zero-order chi connectivity index (χ0) is 13.0. The van der Waals surface area contributed by atoms with Crippen LogP contribution in [-0.2, 0) is 4.79 Å². The van der Waals surface area contributed by atoms with E-state index >= 15 is 0 Å². The van der Waals surface area contributed by atoms with Crippen LogP contribution in [0.3, 0.4) is 0 Å². The first kappa shape index (κ1) is 13.9. The maximum absolute atomic E-state index is 12.1. The van der Waals surface area contributed by atoms with E-state index in [9.17, 15) is 4.79 Å². The fourth-order valence-electron chi connectivity index (χ4n) is 3.38. The van der Waals surface area contributed by atoms with E-state index in [1.54, 1.807) is 0 Å². The Morgan fingerprint density at radius 1 is 1.17 bits per heavy atom. The highest BCUT2D eigenvalue weighted by Crippen LogP contribution is 2.30. The topological polar surface area (TPSA) is 41.1 Å². The molecule has 0 spiro atoms. The first-order chi connectivity index (χ1) is 8.70. The Morgan fingerprint density at radius 2 is 1.83 bits per heavy atom. The Kier molecular flexibility index (Phi) is 5.04. The molecule has 2 fully saturated rings. The zero-order valence-corrected chi connectivity index (χ0v) is 11.9. The molecule has 2 N–H and O–H groups in total. The van der Waals surface area contributed by atoms with Crippen molar-refractivity contribution in [1.29, 1.82) is 0 Å². The summed E-state index contributed by atoms with van der Waals surface area (Å²) in [4.78, 5) is 12.1. The largest absolute Gasteiger partial charge is 0.356 e. The highest BCUT2D eigenvalue weighted by Gasteiger charge is 2.30. The van der Waals surface area contributed by atoms with Crippen molar-refractivity contribution in [3.8, 4) is 0 Å². The van der Waals surface area contributed by atoms with Gasteiger partial charge in [-0.2, -0.15) is 0 Å². The van der Waals surface area contributed by atoms with Gasteiger partial charge in [0.05, 0.1) is 5.92 Å². The Balaban J connectivity index is 1.67. The molecular formula is C15H28N2O. The van der Waals surface area contributed by atoms with Gasteiger partial charge in [-0.05, 0) is 37.1 Å². The number of nitrogens with one attached hydrogen (secondary N) is 2. The van der Waals surface area contributed by atoms with Gasteiger partial charge < -0.3 is 10.6 Å². The van der Waals surface area contributed by atoms with Crippen LogP contribution in [0.2, 0.25) is 0 Å². The van der Waals surface area contributed by atoms with Crippen molar-refractivity contribution in [1.82, 2.24) is 10.6 Å². The van der Waals surface area contributed by atoms with E-state index < -0.39 is 0 Å². The minimum atomic E-state index is 0.192. The highest BCUT2D eigenvalue weighted by molar-refractivity contribution is 5.79. The van der Waals surface area contributed by atoms with Gasteiger partial charge in [0.25, 0.3) is 0 Å². The lowest BCUT2D eigenvalue weighted by Gasteiger charge is -2.28. The number of hydrogen-bond acceptors (Lipinski definition) is 2. The highest BCUT2D eigenvalue weighted by atomic mass is 16.1. The quantitative estimate of drug-likeness (QED) is 0.805. The molecular weight excluding hydrogens is 224 g/mol. The van der Waals surface area contributed by atoms with Crippen molar-refractivity contribution in [2.45, 2.75) is 46.0 Å². The molecule has 1 saturated heterocycles. The number of rotatable bonds is 4. The summed E-state index contributed by atoms with van der Waals surface area (Å²) in [6.45, 7) is 7.20. The third-order valence-corrected chi connectivity index (χ3v) is 4.96. The van der Waals surface area contributed by atoms with Crippen LogP contribution in [-0.4, -0.2) is 25.5 Å².